The van der Waals surface area contributed by atoms with E-state index >= 15 is 0 Å². The van der Waals surface area contributed by atoms with Gasteiger partial charge in [0.05, 0.1) is 5.92 Å². The third-order valence-electron chi connectivity index (χ3n) is 4.20. The molecular formula is C17H17ClN4O. The number of fused-ring (bicyclic) bond motifs is 1. The van der Waals surface area contributed by atoms with Gasteiger partial charge in [-0.1, -0.05) is 23.7 Å². The molecule has 1 aromatic carbocycles. The van der Waals surface area contributed by atoms with E-state index in [1.165, 1.54) is 0 Å². The Balaban J connectivity index is 1.61. The average Bonchev–Trinajstić information content (AvgIpc) is 2.98. The van der Waals surface area contributed by atoms with Crippen molar-refractivity contribution in [1.82, 2.24) is 15.0 Å². The van der Waals surface area contributed by atoms with Crippen molar-refractivity contribution < 1.29 is 4.42 Å². The smallest absolute Gasteiger partial charge is 0.200 e. The Kier molecular flexibility index (Phi) is 3.65. The maximum absolute atomic E-state index is 6.07. The number of benzene rings is 1. The highest BCUT2D eigenvalue weighted by molar-refractivity contribution is 6.29. The minimum atomic E-state index is 0.269. The van der Waals surface area contributed by atoms with E-state index in [0.717, 1.165) is 48.7 Å². The SMILES string of the molecule is Cc1nc(Cl)cc(N2CCCC(c3nc4ccccc4o3)C2)n1. The second-order valence-electron chi connectivity index (χ2n) is 5.90. The molecule has 0 saturated carbocycles. The zero-order chi connectivity index (χ0) is 15.8. The van der Waals surface area contributed by atoms with Crippen LogP contribution in [0.1, 0.15) is 30.5 Å². The van der Waals surface area contributed by atoms with Crippen LogP contribution in [0.2, 0.25) is 5.15 Å². The van der Waals surface area contributed by atoms with Crippen molar-refractivity contribution in [3.8, 4) is 0 Å². The predicted octanol–water partition coefficient (Wildman–Crippen LogP) is 3.96. The molecule has 5 nitrogen and oxygen atoms in total. The van der Waals surface area contributed by atoms with Crippen LogP contribution in [-0.4, -0.2) is 28.0 Å². The largest absolute Gasteiger partial charge is 0.440 e. The van der Waals surface area contributed by atoms with Gasteiger partial charge in [0, 0.05) is 19.2 Å². The molecule has 1 fully saturated rings. The van der Waals surface area contributed by atoms with E-state index in [4.69, 9.17) is 16.0 Å². The van der Waals surface area contributed by atoms with E-state index < -0.39 is 0 Å². The fourth-order valence-corrected chi connectivity index (χ4v) is 3.35. The predicted molar refractivity (Wildman–Crippen MR) is 90.0 cm³/mol. The lowest BCUT2D eigenvalue weighted by molar-refractivity contribution is 0.412. The zero-order valence-corrected chi connectivity index (χ0v) is 13.6. The number of hydrogen-bond acceptors (Lipinski definition) is 5. The van der Waals surface area contributed by atoms with Gasteiger partial charge in [0.25, 0.3) is 0 Å². The molecule has 1 aliphatic heterocycles. The van der Waals surface area contributed by atoms with Crippen LogP contribution >= 0.6 is 11.6 Å². The maximum atomic E-state index is 6.07. The molecule has 23 heavy (non-hydrogen) atoms. The first-order chi connectivity index (χ1) is 11.2. The summed E-state index contributed by atoms with van der Waals surface area (Å²) in [5.74, 6) is 2.65. The Hall–Kier alpha value is -2.14. The van der Waals surface area contributed by atoms with E-state index in [9.17, 15) is 0 Å². The fraction of sp³-hybridized carbons (Fsp3) is 0.353. The van der Waals surface area contributed by atoms with Gasteiger partial charge in [0.1, 0.15) is 22.3 Å². The highest BCUT2D eigenvalue weighted by atomic mass is 35.5. The van der Waals surface area contributed by atoms with Gasteiger partial charge >= 0.3 is 0 Å². The van der Waals surface area contributed by atoms with Gasteiger partial charge in [-0.3, -0.25) is 0 Å². The number of piperidine rings is 1. The highest BCUT2D eigenvalue weighted by Gasteiger charge is 2.26. The summed E-state index contributed by atoms with van der Waals surface area (Å²) in [4.78, 5) is 15.5. The molecule has 118 valence electrons. The summed E-state index contributed by atoms with van der Waals surface area (Å²) < 4.78 is 5.94. The van der Waals surface area contributed by atoms with Gasteiger partial charge < -0.3 is 9.32 Å². The van der Waals surface area contributed by atoms with Crippen LogP contribution in [0.5, 0.6) is 0 Å². The normalized spacial score (nSPS) is 18.5. The van der Waals surface area contributed by atoms with E-state index in [2.05, 4.69) is 19.9 Å². The second kappa shape index (κ2) is 5.81. The van der Waals surface area contributed by atoms with E-state index in [-0.39, 0.29) is 5.92 Å². The Bertz CT molecular complexity index is 794. The zero-order valence-electron chi connectivity index (χ0n) is 12.9. The summed E-state index contributed by atoms with van der Waals surface area (Å²) in [5, 5.41) is 0.483. The Morgan fingerprint density at radius 1 is 1.22 bits per heavy atom. The molecule has 0 N–H and O–H groups in total. The molecule has 6 heteroatoms. The molecule has 3 aromatic rings. The Morgan fingerprint density at radius 3 is 2.91 bits per heavy atom. The number of aryl methyl sites for hydroxylation is 1. The maximum Gasteiger partial charge on any atom is 0.200 e. The number of para-hydroxylation sites is 2. The molecule has 4 rings (SSSR count). The first-order valence-corrected chi connectivity index (χ1v) is 8.18. The van der Waals surface area contributed by atoms with Crippen LogP contribution in [-0.2, 0) is 0 Å². The average molecular weight is 329 g/mol. The van der Waals surface area contributed by atoms with Crippen LogP contribution in [0.25, 0.3) is 11.1 Å². The number of aromatic nitrogens is 3. The molecule has 1 atom stereocenters. The number of hydrogen-bond donors (Lipinski definition) is 0. The topological polar surface area (TPSA) is 55.1 Å². The van der Waals surface area contributed by atoms with E-state index in [1.807, 2.05) is 37.3 Å². The summed E-state index contributed by atoms with van der Waals surface area (Å²) >= 11 is 6.07. The molecule has 1 aliphatic rings. The van der Waals surface area contributed by atoms with Crippen molar-refractivity contribution in [3.63, 3.8) is 0 Å². The summed E-state index contributed by atoms with van der Waals surface area (Å²) in [6, 6.07) is 9.71. The van der Waals surface area contributed by atoms with Crippen molar-refractivity contribution in [2.24, 2.45) is 0 Å². The minimum absolute atomic E-state index is 0.269. The Labute approximate surface area is 139 Å². The minimum Gasteiger partial charge on any atom is -0.440 e. The molecule has 0 radical (unpaired) electrons. The molecule has 1 unspecified atom stereocenters. The third-order valence-corrected chi connectivity index (χ3v) is 4.39. The van der Waals surface area contributed by atoms with Crippen LogP contribution in [0.15, 0.2) is 34.7 Å². The summed E-state index contributed by atoms with van der Waals surface area (Å²) in [6.07, 6.45) is 2.14. The van der Waals surface area contributed by atoms with Gasteiger partial charge in [0.15, 0.2) is 11.5 Å². The molecule has 0 aliphatic carbocycles. The molecule has 3 heterocycles. The van der Waals surface area contributed by atoms with Crippen molar-refractivity contribution in [2.45, 2.75) is 25.7 Å². The van der Waals surface area contributed by atoms with Gasteiger partial charge in [-0.05, 0) is 31.9 Å². The van der Waals surface area contributed by atoms with E-state index in [1.54, 1.807) is 0 Å². The molecule has 2 aromatic heterocycles. The quantitative estimate of drug-likeness (QED) is 0.666. The summed E-state index contributed by atoms with van der Waals surface area (Å²) in [5.41, 5.74) is 1.76. The number of oxazole rings is 1. The van der Waals surface area contributed by atoms with Crippen molar-refractivity contribution in [2.75, 3.05) is 18.0 Å². The fourth-order valence-electron chi connectivity index (χ4n) is 3.13. The van der Waals surface area contributed by atoms with Gasteiger partial charge in [0.2, 0.25) is 0 Å². The van der Waals surface area contributed by atoms with Crippen LogP contribution in [0.3, 0.4) is 0 Å². The van der Waals surface area contributed by atoms with E-state index in [0.29, 0.717) is 11.0 Å². The van der Waals surface area contributed by atoms with Crippen LogP contribution in [0, 0.1) is 6.92 Å². The molecule has 0 bridgehead atoms. The number of nitrogens with zero attached hydrogens (tertiary/aromatic N) is 4. The highest BCUT2D eigenvalue weighted by Crippen LogP contribution is 2.31. The van der Waals surface area contributed by atoms with Gasteiger partial charge in [-0.2, -0.15) is 0 Å². The van der Waals surface area contributed by atoms with Gasteiger partial charge in [-0.15, -0.1) is 0 Å². The molecular weight excluding hydrogens is 312 g/mol. The summed E-state index contributed by atoms with van der Waals surface area (Å²) in [7, 11) is 0. The lowest BCUT2D eigenvalue weighted by Gasteiger charge is -2.32. The standard InChI is InChI=1S/C17H17ClN4O/c1-11-19-15(18)9-16(20-11)22-8-4-5-12(10-22)17-21-13-6-2-3-7-14(13)23-17/h2-3,6-7,9,12H,4-5,8,10H2,1H3. The van der Waals surface area contributed by atoms with Crippen molar-refractivity contribution in [1.29, 1.82) is 0 Å². The first-order valence-electron chi connectivity index (χ1n) is 7.80. The number of rotatable bonds is 2. The lowest BCUT2D eigenvalue weighted by atomic mass is 9.98. The molecule has 0 spiro atoms. The second-order valence-corrected chi connectivity index (χ2v) is 6.29. The van der Waals surface area contributed by atoms with Crippen molar-refractivity contribution >= 4 is 28.5 Å². The van der Waals surface area contributed by atoms with Crippen molar-refractivity contribution in [3.05, 3.63) is 47.2 Å². The summed E-state index contributed by atoms with van der Waals surface area (Å²) in [6.45, 7) is 3.65. The monoisotopic (exact) mass is 328 g/mol. The Morgan fingerprint density at radius 2 is 2.09 bits per heavy atom. The molecule has 0 amide bonds. The third kappa shape index (κ3) is 2.88. The van der Waals surface area contributed by atoms with Crippen LogP contribution < -0.4 is 4.90 Å². The number of halogens is 1. The first kappa shape index (κ1) is 14.5. The number of anilines is 1. The van der Waals surface area contributed by atoms with Gasteiger partial charge in [-0.25, -0.2) is 15.0 Å². The van der Waals surface area contributed by atoms with Crippen LogP contribution in [0.4, 0.5) is 5.82 Å². The molecule has 1 saturated heterocycles. The lowest BCUT2D eigenvalue weighted by Crippen LogP contribution is -2.35.